The highest BCUT2D eigenvalue weighted by Gasteiger charge is 2.17. The maximum atomic E-state index is 11.5. The van der Waals surface area contributed by atoms with E-state index in [1.807, 2.05) is 0 Å². The van der Waals surface area contributed by atoms with Gasteiger partial charge in [0.05, 0.1) is 0 Å². The Morgan fingerprint density at radius 3 is 2.75 bits per heavy atom. The van der Waals surface area contributed by atoms with Crippen molar-refractivity contribution in [2.75, 3.05) is 6.54 Å². The molecule has 0 aliphatic carbocycles. The van der Waals surface area contributed by atoms with Gasteiger partial charge in [0.15, 0.2) is 0 Å². The molecular weight excluding hydrogens is 324 g/mol. The maximum Gasteiger partial charge on any atom is 0.407 e. The molecule has 0 aliphatic rings. The quantitative estimate of drug-likeness (QED) is 0.783. The van der Waals surface area contributed by atoms with Crippen molar-refractivity contribution in [1.29, 1.82) is 0 Å². The third-order valence-corrected chi connectivity index (χ3v) is 3.19. The molecule has 0 bridgehead atoms. The second-order valence-electron chi connectivity index (χ2n) is 5.62. The molecule has 1 aromatic carbocycles. The predicted molar refractivity (Wildman–Crippen MR) is 81.7 cm³/mol. The van der Waals surface area contributed by atoms with Gasteiger partial charge in [-0.1, -0.05) is 15.9 Å². The van der Waals surface area contributed by atoms with Crippen LogP contribution in [0, 0.1) is 0 Å². The van der Waals surface area contributed by atoms with E-state index in [4.69, 9.17) is 10.5 Å². The lowest BCUT2D eigenvalue weighted by atomic mass is 10.1. The minimum atomic E-state index is -0.525. The average molecular weight is 345 g/mol. The third kappa shape index (κ3) is 6.25. The van der Waals surface area contributed by atoms with Crippen LogP contribution in [0.25, 0.3) is 0 Å². The Kier molecular flexibility index (Phi) is 5.83. The van der Waals surface area contributed by atoms with E-state index in [1.165, 1.54) is 0 Å². The van der Waals surface area contributed by atoms with Crippen molar-refractivity contribution in [2.24, 2.45) is 5.73 Å². The molecule has 1 unspecified atom stereocenters. The van der Waals surface area contributed by atoms with Crippen molar-refractivity contribution in [3.05, 3.63) is 28.2 Å². The lowest BCUT2D eigenvalue weighted by Gasteiger charge is -2.21. The molecule has 6 heteroatoms. The van der Waals surface area contributed by atoms with Gasteiger partial charge in [-0.05, 0) is 51.0 Å². The lowest BCUT2D eigenvalue weighted by Crippen LogP contribution is -2.41. The largest absolute Gasteiger partial charge is 0.508 e. The molecule has 0 aromatic heterocycles. The lowest BCUT2D eigenvalue weighted by molar-refractivity contribution is 0.0524. The molecule has 0 heterocycles. The van der Waals surface area contributed by atoms with Gasteiger partial charge in [0.2, 0.25) is 0 Å². The summed E-state index contributed by atoms with van der Waals surface area (Å²) >= 11 is 3.40. The smallest absolute Gasteiger partial charge is 0.407 e. The fraction of sp³-hybridized carbons (Fsp3) is 0.500. The monoisotopic (exact) mass is 344 g/mol. The molecule has 112 valence electrons. The Morgan fingerprint density at radius 2 is 2.15 bits per heavy atom. The van der Waals surface area contributed by atoms with Gasteiger partial charge in [-0.25, -0.2) is 4.79 Å². The zero-order valence-corrected chi connectivity index (χ0v) is 13.5. The van der Waals surface area contributed by atoms with Crippen LogP contribution in [0.2, 0.25) is 0 Å². The summed E-state index contributed by atoms with van der Waals surface area (Å²) in [5, 5.41) is 12.1. The number of nitrogens with one attached hydrogen (secondary N) is 1. The van der Waals surface area contributed by atoms with Gasteiger partial charge in [0.1, 0.15) is 11.4 Å². The first-order valence-electron chi connectivity index (χ1n) is 6.37. The van der Waals surface area contributed by atoms with Gasteiger partial charge in [0.25, 0.3) is 0 Å². The Hall–Kier alpha value is -1.27. The number of phenols is 1. The number of amides is 1. The van der Waals surface area contributed by atoms with Crippen LogP contribution >= 0.6 is 15.9 Å². The molecule has 0 fully saturated rings. The predicted octanol–water partition coefficient (Wildman–Crippen LogP) is 2.55. The summed E-state index contributed by atoms with van der Waals surface area (Å²) in [5.74, 6) is 0.190. The molecule has 0 spiro atoms. The number of alkyl carbamates (subject to hydrolysis) is 1. The molecule has 20 heavy (non-hydrogen) atoms. The summed E-state index contributed by atoms with van der Waals surface area (Å²) in [5.41, 5.74) is 6.33. The first-order valence-corrected chi connectivity index (χ1v) is 7.16. The van der Waals surface area contributed by atoms with E-state index in [0.29, 0.717) is 13.0 Å². The molecule has 1 amide bonds. The van der Waals surface area contributed by atoms with E-state index in [1.54, 1.807) is 39.0 Å². The van der Waals surface area contributed by atoms with Crippen LogP contribution in [0.15, 0.2) is 22.7 Å². The van der Waals surface area contributed by atoms with E-state index >= 15 is 0 Å². The number of carbonyl (C=O) groups excluding carboxylic acids is 1. The number of hydrogen-bond donors (Lipinski definition) is 3. The SMILES string of the molecule is CC(C)(C)OC(=O)NCC(N)Cc1cc(O)ccc1Br. The number of benzene rings is 1. The molecule has 0 aliphatic heterocycles. The van der Waals surface area contributed by atoms with Crippen molar-refractivity contribution >= 4 is 22.0 Å². The van der Waals surface area contributed by atoms with Crippen LogP contribution in [0.4, 0.5) is 4.79 Å². The van der Waals surface area contributed by atoms with Gasteiger partial charge in [-0.3, -0.25) is 0 Å². The van der Waals surface area contributed by atoms with Crippen LogP contribution < -0.4 is 11.1 Å². The highest BCUT2D eigenvalue weighted by Crippen LogP contribution is 2.22. The number of hydrogen-bond acceptors (Lipinski definition) is 4. The number of halogens is 1. The zero-order valence-electron chi connectivity index (χ0n) is 11.9. The molecule has 0 saturated heterocycles. The number of nitrogens with two attached hydrogens (primary N) is 1. The van der Waals surface area contributed by atoms with E-state index in [9.17, 15) is 9.90 Å². The summed E-state index contributed by atoms with van der Waals surface area (Å²) in [6, 6.07) is 4.74. The number of rotatable bonds is 4. The van der Waals surface area contributed by atoms with Gasteiger partial charge in [-0.2, -0.15) is 0 Å². The third-order valence-electron chi connectivity index (χ3n) is 2.42. The molecule has 1 rings (SSSR count). The Morgan fingerprint density at radius 1 is 1.50 bits per heavy atom. The van der Waals surface area contributed by atoms with Crippen LogP contribution in [-0.2, 0) is 11.2 Å². The molecule has 0 radical (unpaired) electrons. The van der Waals surface area contributed by atoms with Crippen molar-refractivity contribution in [2.45, 2.75) is 38.8 Å². The van der Waals surface area contributed by atoms with Gasteiger partial charge >= 0.3 is 6.09 Å². The normalized spacial score (nSPS) is 12.8. The van der Waals surface area contributed by atoms with Crippen LogP contribution in [0.5, 0.6) is 5.75 Å². The Bertz CT molecular complexity index is 472. The molecule has 5 nitrogen and oxygen atoms in total. The van der Waals surface area contributed by atoms with Crippen molar-refractivity contribution in [1.82, 2.24) is 5.32 Å². The summed E-state index contributed by atoms with van der Waals surface area (Å²) in [6.45, 7) is 5.71. The number of phenolic OH excluding ortho intramolecular Hbond substituents is 1. The molecule has 4 N–H and O–H groups in total. The second-order valence-corrected chi connectivity index (χ2v) is 6.48. The topological polar surface area (TPSA) is 84.6 Å². The minimum absolute atomic E-state index is 0.190. The molecule has 1 atom stereocenters. The number of carbonyl (C=O) groups is 1. The van der Waals surface area contributed by atoms with Crippen molar-refractivity contribution in [3.8, 4) is 5.75 Å². The zero-order chi connectivity index (χ0) is 15.3. The number of aromatic hydroxyl groups is 1. The summed E-state index contributed by atoms with van der Waals surface area (Å²) in [7, 11) is 0. The van der Waals surface area contributed by atoms with Crippen molar-refractivity contribution in [3.63, 3.8) is 0 Å². The van der Waals surface area contributed by atoms with Crippen LogP contribution in [0.3, 0.4) is 0 Å². The summed E-state index contributed by atoms with van der Waals surface area (Å²) in [6.07, 6.45) is 0.0491. The van der Waals surface area contributed by atoms with Gasteiger partial charge < -0.3 is 20.9 Å². The van der Waals surface area contributed by atoms with Crippen molar-refractivity contribution < 1.29 is 14.6 Å². The second kappa shape index (κ2) is 6.95. The van der Waals surface area contributed by atoms with Gasteiger partial charge in [0, 0.05) is 17.1 Å². The fourth-order valence-corrected chi connectivity index (χ4v) is 2.01. The van der Waals surface area contributed by atoms with Crippen LogP contribution in [-0.4, -0.2) is 29.4 Å². The average Bonchev–Trinajstić information content (AvgIpc) is 2.29. The first-order chi connectivity index (χ1) is 9.17. The van der Waals surface area contributed by atoms with Gasteiger partial charge in [-0.15, -0.1) is 0 Å². The Labute approximate surface area is 127 Å². The molecule has 0 saturated carbocycles. The summed E-state index contributed by atoms with van der Waals surface area (Å²) in [4.78, 5) is 11.5. The van der Waals surface area contributed by atoms with E-state index in [-0.39, 0.29) is 11.8 Å². The standard InChI is InChI=1S/C14H21BrN2O3/c1-14(2,3)20-13(19)17-8-10(16)6-9-7-11(18)4-5-12(9)15/h4-5,7,10,18H,6,8,16H2,1-3H3,(H,17,19). The highest BCUT2D eigenvalue weighted by molar-refractivity contribution is 9.10. The fourth-order valence-electron chi connectivity index (χ4n) is 1.60. The highest BCUT2D eigenvalue weighted by atomic mass is 79.9. The van der Waals surface area contributed by atoms with Crippen LogP contribution in [0.1, 0.15) is 26.3 Å². The van der Waals surface area contributed by atoms with E-state index < -0.39 is 11.7 Å². The maximum absolute atomic E-state index is 11.5. The van der Waals surface area contributed by atoms with E-state index in [0.717, 1.165) is 10.0 Å². The first kappa shape index (κ1) is 16.8. The summed E-state index contributed by atoms with van der Waals surface area (Å²) < 4.78 is 6.00. The molecular formula is C14H21BrN2O3. The Balaban J connectivity index is 2.46. The number of ether oxygens (including phenoxy) is 1. The van der Waals surface area contributed by atoms with E-state index in [2.05, 4.69) is 21.2 Å². The minimum Gasteiger partial charge on any atom is -0.508 e. The molecule has 1 aromatic rings.